The summed E-state index contributed by atoms with van der Waals surface area (Å²) in [4.78, 5) is 11.0. The van der Waals surface area contributed by atoms with Crippen LogP contribution in [0.1, 0.15) is 25.3 Å². The van der Waals surface area contributed by atoms with E-state index >= 15 is 0 Å². The fraction of sp³-hybridized carbons (Fsp3) is 0.385. The van der Waals surface area contributed by atoms with Crippen molar-refractivity contribution in [3.8, 4) is 6.07 Å². The van der Waals surface area contributed by atoms with Gasteiger partial charge in [-0.15, -0.1) is 0 Å². The number of hydrogen-bond donors (Lipinski definition) is 1. The van der Waals surface area contributed by atoms with Crippen molar-refractivity contribution < 1.29 is 13.9 Å². The molecule has 0 radical (unpaired) electrons. The Morgan fingerprint density at radius 1 is 1.56 bits per heavy atom. The van der Waals surface area contributed by atoms with Gasteiger partial charge >= 0.3 is 5.97 Å². The van der Waals surface area contributed by atoms with Crippen LogP contribution < -0.4 is 5.32 Å². The Morgan fingerprint density at radius 2 is 2.33 bits per heavy atom. The molecule has 0 amide bonds. The highest BCUT2D eigenvalue weighted by Crippen LogP contribution is 2.15. The Hall–Kier alpha value is -2.09. The monoisotopic (exact) mass is 250 g/mol. The lowest BCUT2D eigenvalue weighted by atomic mass is 10.2. The zero-order valence-electron chi connectivity index (χ0n) is 10.2. The Labute approximate surface area is 105 Å². The van der Waals surface area contributed by atoms with Crippen LogP contribution in [0.3, 0.4) is 0 Å². The molecule has 0 heterocycles. The molecule has 0 fully saturated rings. The predicted molar refractivity (Wildman–Crippen MR) is 65.5 cm³/mol. The molecular formula is C13H15FN2O2. The summed E-state index contributed by atoms with van der Waals surface area (Å²) in [7, 11) is 0. The van der Waals surface area contributed by atoms with Crippen LogP contribution in [0.2, 0.25) is 0 Å². The number of ether oxygens (including phenoxy) is 1. The van der Waals surface area contributed by atoms with E-state index in [0.717, 1.165) is 0 Å². The highest BCUT2D eigenvalue weighted by molar-refractivity contribution is 5.69. The smallest absolute Gasteiger partial charge is 0.305 e. The molecule has 5 heteroatoms. The molecular weight excluding hydrogens is 235 g/mol. The number of carbonyl (C=O) groups is 1. The average Bonchev–Trinajstić information content (AvgIpc) is 2.36. The molecule has 96 valence electrons. The molecule has 18 heavy (non-hydrogen) atoms. The number of esters is 1. The summed E-state index contributed by atoms with van der Waals surface area (Å²) in [6.45, 7) is 2.60. The maximum Gasteiger partial charge on any atom is 0.305 e. The molecule has 1 rings (SSSR count). The standard InChI is InChI=1S/C13H15FN2O2/c1-2-18-13(17)4-3-7-16-12-6-5-10(9-15)8-11(12)14/h5-6,8,16H,2-4,7H2,1H3. The summed E-state index contributed by atoms with van der Waals surface area (Å²) in [6, 6.07) is 6.09. The number of nitrogens with zero attached hydrogens (tertiary/aromatic N) is 1. The van der Waals surface area contributed by atoms with Gasteiger partial charge in [0, 0.05) is 13.0 Å². The van der Waals surface area contributed by atoms with Crippen molar-refractivity contribution in [2.75, 3.05) is 18.5 Å². The minimum absolute atomic E-state index is 0.250. The van der Waals surface area contributed by atoms with E-state index in [-0.39, 0.29) is 11.5 Å². The van der Waals surface area contributed by atoms with Crippen LogP contribution in [0.25, 0.3) is 0 Å². The number of hydrogen-bond acceptors (Lipinski definition) is 4. The third kappa shape index (κ3) is 4.42. The van der Waals surface area contributed by atoms with E-state index in [9.17, 15) is 9.18 Å². The summed E-state index contributed by atoms with van der Waals surface area (Å²) in [5, 5.41) is 11.5. The van der Waals surface area contributed by atoms with Crippen LogP contribution >= 0.6 is 0 Å². The number of halogens is 1. The number of rotatable bonds is 6. The van der Waals surface area contributed by atoms with Crippen LogP contribution in [-0.4, -0.2) is 19.1 Å². The number of carbonyl (C=O) groups excluding carboxylic acids is 1. The van der Waals surface area contributed by atoms with Crippen LogP contribution in [0, 0.1) is 17.1 Å². The van der Waals surface area contributed by atoms with E-state index in [4.69, 9.17) is 10.00 Å². The fourth-order valence-corrected chi connectivity index (χ4v) is 1.42. The third-order valence-electron chi connectivity index (χ3n) is 2.28. The predicted octanol–water partition coefficient (Wildman–Crippen LogP) is 2.45. The number of benzene rings is 1. The van der Waals surface area contributed by atoms with Gasteiger partial charge in [0.2, 0.25) is 0 Å². The van der Waals surface area contributed by atoms with Crippen molar-refractivity contribution in [2.24, 2.45) is 0 Å². The van der Waals surface area contributed by atoms with E-state index < -0.39 is 5.82 Å². The first kappa shape index (κ1) is 14.0. The van der Waals surface area contributed by atoms with Gasteiger partial charge in [0.05, 0.1) is 23.9 Å². The lowest BCUT2D eigenvalue weighted by molar-refractivity contribution is -0.143. The minimum atomic E-state index is -0.467. The van der Waals surface area contributed by atoms with Crippen LogP contribution in [0.4, 0.5) is 10.1 Å². The minimum Gasteiger partial charge on any atom is -0.466 e. The Balaban J connectivity index is 2.36. The maximum absolute atomic E-state index is 13.4. The molecule has 0 bridgehead atoms. The zero-order chi connectivity index (χ0) is 13.4. The van der Waals surface area contributed by atoms with E-state index in [1.54, 1.807) is 6.92 Å². The average molecular weight is 250 g/mol. The van der Waals surface area contributed by atoms with Crippen molar-refractivity contribution in [3.05, 3.63) is 29.6 Å². The summed E-state index contributed by atoms with van der Waals surface area (Å²) in [6.07, 6.45) is 0.872. The van der Waals surface area contributed by atoms with Gasteiger partial charge in [-0.25, -0.2) is 4.39 Å². The quantitative estimate of drug-likeness (QED) is 0.622. The maximum atomic E-state index is 13.4. The lowest BCUT2D eigenvalue weighted by Gasteiger charge is -2.07. The molecule has 0 aliphatic heterocycles. The second kappa shape index (κ2) is 7.28. The summed E-state index contributed by atoms with van der Waals surface area (Å²) >= 11 is 0. The molecule has 0 spiro atoms. The second-order valence-electron chi connectivity index (χ2n) is 3.64. The normalized spacial score (nSPS) is 9.61. The van der Waals surface area contributed by atoms with E-state index in [1.165, 1.54) is 18.2 Å². The largest absolute Gasteiger partial charge is 0.466 e. The summed E-state index contributed by atoms with van der Waals surface area (Å²) in [5.41, 5.74) is 0.613. The van der Waals surface area contributed by atoms with Crippen LogP contribution in [0.15, 0.2) is 18.2 Å². The summed E-state index contributed by atoms with van der Waals surface area (Å²) < 4.78 is 18.2. The molecule has 4 nitrogen and oxygen atoms in total. The molecule has 0 aliphatic carbocycles. The second-order valence-corrected chi connectivity index (χ2v) is 3.64. The number of nitrogens with one attached hydrogen (secondary N) is 1. The van der Waals surface area contributed by atoms with E-state index in [2.05, 4.69) is 5.32 Å². The van der Waals surface area contributed by atoms with Gasteiger partial charge in [-0.1, -0.05) is 0 Å². The Morgan fingerprint density at radius 3 is 2.94 bits per heavy atom. The van der Waals surface area contributed by atoms with Crippen molar-refractivity contribution in [2.45, 2.75) is 19.8 Å². The van der Waals surface area contributed by atoms with E-state index in [0.29, 0.717) is 31.7 Å². The van der Waals surface area contributed by atoms with Crippen LogP contribution in [-0.2, 0) is 9.53 Å². The molecule has 1 aromatic rings. The highest BCUT2D eigenvalue weighted by atomic mass is 19.1. The van der Waals surface area contributed by atoms with Gasteiger partial charge < -0.3 is 10.1 Å². The SMILES string of the molecule is CCOC(=O)CCCNc1ccc(C#N)cc1F. The molecule has 0 aliphatic rings. The van der Waals surface area contributed by atoms with Crippen molar-refractivity contribution in [3.63, 3.8) is 0 Å². The van der Waals surface area contributed by atoms with Gasteiger partial charge in [-0.2, -0.15) is 5.26 Å². The number of nitriles is 1. The van der Waals surface area contributed by atoms with Crippen LogP contribution in [0.5, 0.6) is 0 Å². The van der Waals surface area contributed by atoms with Gasteiger partial charge in [0.15, 0.2) is 0 Å². The molecule has 0 saturated heterocycles. The topological polar surface area (TPSA) is 62.1 Å². The third-order valence-corrected chi connectivity index (χ3v) is 2.28. The zero-order valence-corrected chi connectivity index (χ0v) is 10.2. The first-order valence-electron chi connectivity index (χ1n) is 5.76. The van der Waals surface area contributed by atoms with Crippen molar-refractivity contribution in [1.29, 1.82) is 5.26 Å². The molecule has 0 unspecified atom stereocenters. The van der Waals surface area contributed by atoms with Gasteiger partial charge in [0.1, 0.15) is 5.82 Å². The van der Waals surface area contributed by atoms with E-state index in [1.807, 2.05) is 6.07 Å². The molecule has 1 aromatic carbocycles. The van der Waals surface area contributed by atoms with Crippen molar-refractivity contribution >= 4 is 11.7 Å². The van der Waals surface area contributed by atoms with Gasteiger partial charge in [0.25, 0.3) is 0 Å². The van der Waals surface area contributed by atoms with Gasteiger partial charge in [-0.3, -0.25) is 4.79 Å². The molecule has 1 N–H and O–H groups in total. The molecule has 0 saturated carbocycles. The first-order chi connectivity index (χ1) is 8.67. The van der Waals surface area contributed by atoms with Gasteiger partial charge in [-0.05, 0) is 31.5 Å². The Bertz CT molecular complexity index is 455. The number of anilines is 1. The Kier molecular flexibility index (Phi) is 5.65. The molecule has 0 aromatic heterocycles. The highest BCUT2D eigenvalue weighted by Gasteiger charge is 2.04. The van der Waals surface area contributed by atoms with Crippen molar-refractivity contribution in [1.82, 2.24) is 0 Å². The molecule has 0 atom stereocenters. The summed E-state index contributed by atoms with van der Waals surface area (Å²) in [5.74, 6) is -0.718. The first-order valence-corrected chi connectivity index (χ1v) is 5.76. The lowest BCUT2D eigenvalue weighted by Crippen LogP contribution is -2.08. The fourth-order valence-electron chi connectivity index (χ4n) is 1.42.